The van der Waals surface area contributed by atoms with Gasteiger partial charge in [-0.2, -0.15) is 4.31 Å². The Hall–Kier alpha value is -2.82. The van der Waals surface area contributed by atoms with Gasteiger partial charge in [0.15, 0.2) is 0 Å². The average molecular weight is 503 g/mol. The zero-order chi connectivity index (χ0) is 25.0. The number of nitrogens with zero attached hydrogens (tertiary/aromatic N) is 2. The van der Waals surface area contributed by atoms with E-state index in [9.17, 15) is 18.0 Å². The highest BCUT2D eigenvalue weighted by molar-refractivity contribution is 7.89. The Labute approximate surface area is 204 Å². The number of carbonyl (C=O) groups is 2. The third-order valence-electron chi connectivity index (χ3n) is 5.44. The first-order valence-corrected chi connectivity index (χ1v) is 13.4. The molecule has 3 aromatic rings. The molecule has 0 aliphatic rings. The van der Waals surface area contributed by atoms with Gasteiger partial charge in [0, 0.05) is 24.3 Å². The number of thiazole rings is 1. The van der Waals surface area contributed by atoms with Crippen LogP contribution in [0.4, 0.5) is 5.69 Å². The van der Waals surface area contributed by atoms with Gasteiger partial charge in [0.05, 0.1) is 20.1 Å². The first kappa shape index (κ1) is 25.8. The monoisotopic (exact) mass is 502 g/mol. The fourth-order valence-electron chi connectivity index (χ4n) is 3.61. The van der Waals surface area contributed by atoms with Gasteiger partial charge in [-0.05, 0) is 49.2 Å². The second kappa shape index (κ2) is 10.6. The lowest BCUT2D eigenvalue weighted by molar-refractivity contribution is -0.118. The Kier molecular flexibility index (Phi) is 8.06. The quantitative estimate of drug-likeness (QED) is 0.459. The van der Waals surface area contributed by atoms with Crippen LogP contribution < -0.4 is 10.6 Å². The minimum atomic E-state index is -3.71. The van der Waals surface area contributed by atoms with E-state index in [2.05, 4.69) is 15.6 Å². The molecule has 0 radical (unpaired) electrons. The van der Waals surface area contributed by atoms with Gasteiger partial charge in [-0.3, -0.25) is 9.59 Å². The summed E-state index contributed by atoms with van der Waals surface area (Å²) in [4.78, 5) is 30.5. The van der Waals surface area contributed by atoms with Gasteiger partial charge in [0.1, 0.15) is 6.04 Å². The van der Waals surface area contributed by atoms with Crippen molar-refractivity contribution in [2.24, 2.45) is 5.92 Å². The lowest BCUT2D eigenvalue weighted by Gasteiger charge is -2.22. The summed E-state index contributed by atoms with van der Waals surface area (Å²) < 4.78 is 28.0. The molecule has 1 aromatic heterocycles. The third-order valence-corrected chi connectivity index (χ3v) is 8.42. The van der Waals surface area contributed by atoms with Crippen molar-refractivity contribution in [3.63, 3.8) is 0 Å². The van der Waals surface area contributed by atoms with Crippen LogP contribution in [0, 0.1) is 12.8 Å². The highest BCUT2D eigenvalue weighted by Crippen LogP contribution is 2.25. The van der Waals surface area contributed by atoms with E-state index in [4.69, 9.17) is 0 Å². The summed E-state index contributed by atoms with van der Waals surface area (Å²) in [6, 6.07) is 10.5. The Bertz CT molecular complexity index is 1300. The molecular weight excluding hydrogens is 472 g/mol. The maximum absolute atomic E-state index is 13.0. The van der Waals surface area contributed by atoms with E-state index in [0.717, 1.165) is 15.2 Å². The molecule has 0 fully saturated rings. The summed E-state index contributed by atoms with van der Waals surface area (Å²) in [5.74, 6) is -1.06. The van der Waals surface area contributed by atoms with Gasteiger partial charge in [-0.1, -0.05) is 33.8 Å². The van der Waals surface area contributed by atoms with Crippen molar-refractivity contribution in [2.75, 3.05) is 18.4 Å². The van der Waals surface area contributed by atoms with Gasteiger partial charge in [-0.25, -0.2) is 13.4 Å². The van der Waals surface area contributed by atoms with E-state index in [1.54, 1.807) is 19.9 Å². The number of sulfonamides is 1. The highest BCUT2D eigenvalue weighted by atomic mass is 32.2. The molecule has 0 saturated carbocycles. The number of hydrogen-bond donors (Lipinski definition) is 2. The van der Waals surface area contributed by atoms with Crippen LogP contribution in [-0.4, -0.2) is 48.7 Å². The van der Waals surface area contributed by atoms with Crippen LogP contribution in [0.15, 0.2) is 47.4 Å². The number of amides is 2. The molecule has 10 heteroatoms. The van der Waals surface area contributed by atoms with E-state index < -0.39 is 22.0 Å². The first-order chi connectivity index (χ1) is 16.1. The third kappa shape index (κ3) is 5.63. The van der Waals surface area contributed by atoms with E-state index in [0.29, 0.717) is 18.8 Å². The van der Waals surface area contributed by atoms with E-state index in [1.807, 2.05) is 32.9 Å². The number of aryl methyl sites for hydroxylation is 1. The second-order valence-electron chi connectivity index (χ2n) is 8.22. The molecule has 1 heterocycles. The van der Waals surface area contributed by atoms with E-state index in [1.165, 1.54) is 39.9 Å². The predicted octanol–water partition coefficient (Wildman–Crippen LogP) is 4.03. The molecule has 2 amide bonds. The molecule has 0 aliphatic carbocycles. The highest BCUT2D eigenvalue weighted by Gasteiger charge is 2.27. The number of rotatable bonds is 9. The summed E-state index contributed by atoms with van der Waals surface area (Å²) >= 11 is 1.54. The van der Waals surface area contributed by atoms with Crippen molar-refractivity contribution in [3.05, 3.63) is 53.0 Å². The van der Waals surface area contributed by atoms with Gasteiger partial charge in [0.2, 0.25) is 15.9 Å². The zero-order valence-corrected chi connectivity index (χ0v) is 21.6. The molecule has 0 spiro atoms. The summed E-state index contributed by atoms with van der Waals surface area (Å²) in [7, 11) is -3.71. The Morgan fingerprint density at radius 1 is 1.09 bits per heavy atom. The second-order valence-corrected chi connectivity index (χ2v) is 11.4. The van der Waals surface area contributed by atoms with Crippen molar-refractivity contribution < 1.29 is 18.0 Å². The topological polar surface area (TPSA) is 108 Å². The normalized spacial score (nSPS) is 12.8. The van der Waals surface area contributed by atoms with Crippen LogP contribution in [0.2, 0.25) is 0 Å². The number of hydrogen-bond acceptors (Lipinski definition) is 6. The molecule has 2 aromatic carbocycles. The van der Waals surface area contributed by atoms with Gasteiger partial charge < -0.3 is 10.6 Å². The van der Waals surface area contributed by atoms with Gasteiger partial charge >= 0.3 is 0 Å². The standard InChI is InChI=1S/C24H30N4O4S2/c1-6-28(7-2)34(31,32)19-10-8-9-17(13-19)23(29)27-22(15(3)4)24(30)26-18-11-12-20-21(14-18)33-16(5)25-20/h8-15,22H,6-7H2,1-5H3,(H,26,30)(H,27,29). The number of anilines is 1. The summed E-state index contributed by atoms with van der Waals surface area (Å²) in [5.41, 5.74) is 1.66. The lowest BCUT2D eigenvalue weighted by Crippen LogP contribution is -2.47. The first-order valence-electron chi connectivity index (χ1n) is 11.2. The minimum Gasteiger partial charge on any atom is -0.340 e. The number of carbonyl (C=O) groups excluding carboxylic acids is 2. The number of fused-ring (bicyclic) bond motifs is 1. The molecular formula is C24H30N4O4S2. The van der Waals surface area contributed by atoms with Gasteiger partial charge in [-0.15, -0.1) is 11.3 Å². The molecule has 8 nitrogen and oxygen atoms in total. The smallest absolute Gasteiger partial charge is 0.251 e. The summed E-state index contributed by atoms with van der Waals surface area (Å²) in [6.07, 6.45) is 0. The number of aromatic nitrogens is 1. The molecule has 0 aliphatic heterocycles. The zero-order valence-electron chi connectivity index (χ0n) is 20.0. The lowest BCUT2D eigenvalue weighted by atomic mass is 10.0. The van der Waals surface area contributed by atoms with Crippen LogP contribution in [-0.2, 0) is 14.8 Å². The molecule has 2 N–H and O–H groups in total. The van der Waals surface area contributed by atoms with E-state index >= 15 is 0 Å². The summed E-state index contributed by atoms with van der Waals surface area (Å²) in [5, 5.41) is 6.57. The van der Waals surface area contributed by atoms with Gasteiger partial charge in [0.25, 0.3) is 5.91 Å². The Morgan fingerprint density at radius 3 is 2.44 bits per heavy atom. The fourth-order valence-corrected chi connectivity index (χ4v) is 5.98. The predicted molar refractivity (Wildman–Crippen MR) is 136 cm³/mol. The van der Waals surface area contributed by atoms with Crippen LogP contribution in [0.1, 0.15) is 43.1 Å². The Morgan fingerprint density at radius 2 is 1.79 bits per heavy atom. The molecule has 182 valence electrons. The van der Waals surface area contributed by atoms with Crippen molar-refractivity contribution >= 4 is 49.1 Å². The largest absolute Gasteiger partial charge is 0.340 e. The fraction of sp³-hybridized carbons (Fsp3) is 0.375. The maximum Gasteiger partial charge on any atom is 0.251 e. The SMILES string of the molecule is CCN(CC)S(=O)(=O)c1cccc(C(=O)NC(C(=O)Nc2ccc3nc(C)sc3c2)C(C)C)c1. The molecule has 3 rings (SSSR count). The molecule has 1 unspecified atom stereocenters. The molecule has 34 heavy (non-hydrogen) atoms. The molecule has 0 bridgehead atoms. The van der Waals surface area contributed by atoms with Crippen LogP contribution in [0.25, 0.3) is 10.2 Å². The van der Waals surface area contributed by atoms with Crippen molar-refractivity contribution in [1.29, 1.82) is 0 Å². The Balaban J connectivity index is 1.78. The molecule has 0 saturated heterocycles. The van der Waals surface area contributed by atoms with Crippen molar-refractivity contribution in [2.45, 2.75) is 45.6 Å². The maximum atomic E-state index is 13.0. The van der Waals surface area contributed by atoms with Crippen molar-refractivity contribution in [3.8, 4) is 0 Å². The van der Waals surface area contributed by atoms with E-state index in [-0.39, 0.29) is 22.3 Å². The van der Waals surface area contributed by atoms with Crippen molar-refractivity contribution in [1.82, 2.24) is 14.6 Å². The minimum absolute atomic E-state index is 0.0440. The molecule has 1 atom stereocenters. The number of nitrogens with one attached hydrogen (secondary N) is 2. The van der Waals surface area contributed by atoms with Crippen LogP contribution >= 0.6 is 11.3 Å². The number of benzene rings is 2. The van der Waals surface area contributed by atoms with Crippen LogP contribution in [0.5, 0.6) is 0 Å². The summed E-state index contributed by atoms with van der Waals surface area (Å²) in [6.45, 7) is 9.78. The average Bonchev–Trinajstić information content (AvgIpc) is 3.17. The van der Waals surface area contributed by atoms with Crippen LogP contribution in [0.3, 0.4) is 0 Å².